The molecule has 0 radical (unpaired) electrons. The highest BCUT2D eigenvalue weighted by molar-refractivity contribution is 6.32. The maximum absolute atomic E-state index is 11.9. The van der Waals surface area contributed by atoms with Crippen molar-refractivity contribution in [1.29, 1.82) is 0 Å². The molecular formula is C15H24ClN3O2. The second kappa shape index (κ2) is 7.80. The first kappa shape index (κ1) is 16.3. The predicted molar refractivity (Wildman–Crippen MR) is 84.8 cm³/mol. The van der Waals surface area contributed by atoms with Gasteiger partial charge >= 0.3 is 0 Å². The van der Waals surface area contributed by atoms with Crippen LogP contribution in [0, 0.1) is 11.8 Å². The third-order valence-corrected chi connectivity index (χ3v) is 4.79. The molecule has 1 heterocycles. The molecule has 0 saturated heterocycles. The highest BCUT2D eigenvalue weighted by Gasteiger charge is 2.20. The van der Waals surface area contributed by atoms with Gasteiger partial charge in [0.05, 0.1) is 25.0 Å². The molecule has 21 heavy (non-hydrogen) atoms. The van der Waals surface area contributed by atoms with Gasteiger partial charge in [-0.15, -0.1) is 0 Å². The molecule has 2 rings (SSSR count). The number of rotatable bonds is 6. The average molecular weight is 314 g/mol. The molecule has 1 aromatic rings. The monoisotopic (exact) mass is 313 g/mol. The normalized spacial score (nSPS) is 22.2. The fraction of sp³-hybridized carbons (Fsp3) is 0.733. The predicted octanol–water partition coefficient (Wildman–Crippen LogP) is 2.52. The lowest BCUT2D eigenvalue weighted by atomic mass is 9.81. The molecule has 1 aliphatic rings. The minimum Gasteiger partial charge on any atom is -0.394 e. The van der Waals surface area contributed by atoms with E-state index in [1.807, 2.05) is 0 Å². The number of aliphatic hydroxyl groups excluding tert-OH is 1. The second-order valence-corrected chi connectivity index (χ2v) is 6.18. The van der Waals surface area contributed by atoms with E-state index in [0.29, 0.717) is 11.6 Å². The van der Waals surface area contributed by atoms with Crippen molar-refractivity contribution in [3.8, 4) is 0 Å². The van der Waals surface area contributed by atoms with Crippen LogP contribution in [0.3, 0.4) is 0 Å². The van der Waals surface area contributed by atoms with Crippen molar-refractivity contribution in [2.75, 3.05) is 18.5 Å². The first-order valence-electron chi connectivity index (χ1n) is 7.76. The molecule has 1 fully saturated rings. The summed E-state index contributed by atoms with van der Waals surface area (Å²) >= 11 is 6.08. The standard InChI is InChI=1S/C15H24ClN3O2/c1-2-11-3-5-12(6-4-11)9-17-13-10-18-19(7-8-20)15(21)14(13)16/h10-12,17,20H,2-9H2,1H3. The van der Waals surface area contributed by atoms with E-state index >= 15 is 0 Å². The van der Waals surface area contributed by atoms with E-state index < -0.39 is 0 Å². The Kier molecular flexibility index (Phi) is 6.06. The van der Waals surface area contributed by atoms with Gasteiger partial charge in [-0.25, -0.2) is 4.68 Å². The van der Waals surface area contributed by atoms with Crippen LogP contribution in [0.1, 0.15) is 39.0 Å². The summed E-state index contributed by atoms with van der Waals surface area (Å²) < 4.78 is 1.18. The summed E-state index contributed by atoms with van der Waals surface area (Å²) in [6, 6.07) is 0. The number of nitrogens with one attached hydrogen (secondary N) is 1. The van der Waals surface area contributed by atoms with E-state index in [0.717, 1.165) is 12.5 Å². The van der Waals surface area contributed by atoms with E-state index in [9.17, 15) is 4.79 Å². The van der Waals surface area contributed by atoms with Gasteiger partial charge in [0.25, 0.3) is 5.56 Å². The van der Waals surface area contributed by atoms with Crippen molar-refractivity contribution in [3.63, 3.8) is 0 Å². The van der Waals surface area contributed by atoms with Crippen molar-refractivity contribution in [2.45, 2.75) is 45.6 Å². The van der Waals surface area contributed by atoms with Crippen LogP contribution in [0.2, 0.25) is 5.02 Å². The van der Waals surface area contributed by atoms with Gasteiger partial charge in [-0.2, -0.15) is 5.10 Å². The number of aliphatic hydroxyl groups is 1. The van der Waals surface area contributed by atoms with Crippen LogP contribution in [0.4, 0.5) is 5.69 Å². The molecule has 0 unspecified atom stereocenters. The number of hydrogen-bond acceptors (Lipinski definition) is 4. The molecule has 0 bridgehead atoms. The van der Waals surface area contributed by atoms with Gasteiger partial charge in [0.2, 0.25) is 0 Å². The summed E-state index contributed by atoms with van der Waals surface area (Å²) in [4.78, 5) is 11.9. The third-order valence-electron chi connectivity index (χ3n) is 4.42. The van der Waals surface area contributed by atoms with Crippen LogP contribution >= 0.6 is 11.6 Å². The summed E-state index contributed by atoms with van der Waals surface area (Å²) in [5, 5.41) is 16.3. The molecule has 5 nitrogen and oxygen atoms in total. The van der Waals surface area contributed by atoms with Crippen molar-refractivity contribution in [3.05, 3.63) is 21.6 Å². The number of aromatic nitrogens is 2. The smallest absolute Gasteiger partial charge is 0.287 e. The Bertz CT molecular complexity index is 510. The van der Waals surface area contributed by atoms with Gasteiger partial charge in [-0.05, 0) is 24.7 Å². The lowest BCUT2D eigenvalue weighted by Gasteiger charge is -2.28. The van der Waals surface area contributed by atoms with E-state index in [1.54, 1.807) is 6.20 Å². The van der Waals surface area contributed by atoms with Crippen molar-refractivity contribution in [2.24, 2.45) is 11.8 Å². The molecule has 118 valence electrons. The zero-order chi connectivity index (χ0) is 15.2. The van der Waals surface area contributed by atoms with Gasteiger partial charge in [0.15, 0.2) is 0 Å². The summed E-state index contributed by atoms with van der Waals surface area (Å²) in [5.41, 5.74) is 0.235. The zero-order valence-corrected chi connectivity index (χ0v) is 13.3. The fourth-order valence-corrected chi connectivity index (χ4v) is 3.15. The Balaban J connectivity index is 1.92. The maximum Gasteiger partial charge on any atom is 0.287 e. The second-order valence-electron chi connectivity index (χ2n) is 5.80. The molecule has 1 saturated carbocycles. The molecular weight excluding hydrogens is 290 g/mol. The average Bonchev–Trinajstić information content (AvgIpc) is 2.52. The van der Waals surface area contributed by atoms with E-state index in [-0.39, 0.29) is 23.7 Å². The molecule has 0 aromatic carbocycles. The zero-order valence-electron chi connectivity index (χ0n) is 12.5. The van der Waals surface area contributed by atoms with Gasteiger partial charge in [0, 0.05) is 6.54 Å². The minimum absolute atomic E-state index is 0.128. The molecule has 6 heteroatoms. The first-order chi connectivity index (χ1) is 10.2. The van der Waals surface area contributed by atoms with Gasteiger partial charge in [-0.1, -0.05) is 37.8 Å². The summed E-state index contributed by atoms with van der Waals surface area (Å²) in [7, 11) is 0. The number of hydrogen-bond donors (Lipinski definition) is 2. The number of nitrogens with zero attached hydrogens (tertiary/aromatic N) is 2. The third kappa shape index (κ3) is 4.20. The summed E-state index contributed by atoms with van der Waals surface area (Å²) in [6.45, 7) is 3.13. The maximum atomic E-state index is 11.9. The Hall–Kier alpha value is -1.07. The number of anilines is 1. The van der Waals surface area contributed by atoms with Crippen LogP contribution in [-0.4, -0.2) is 28.0 Å². The molecule has 0 amide bonds. The Morgan fingerprint density at radius 3 is 2.67 bits per heavy atom. The first-order valence-corrected chi connectivity index (χ1v) is 8.13. The van der Waals surface area contributed by atoms with E-state index in [1.165, 1.54) is 36.8 Å². The van der Waals surface area contributed by atoms with Crippen molar-refractivity contribution in [1.82, 2.24) is 9.78 Å². The Morgan fingerprint density at radius 2 is 2.05 bits per heavy atom. The molecule has 1 aliphatic carbocycles. The quantitative estimate of drug-likeness (QED) is 0.847. The summed E-state index contributed by atoms with van der Waals surface area (Å²) in [5.74, 6) is 1.53. The van der Waals surface area contributed by atoms with Crippen LogP contribution in [0.25, 0.3) is 0 Å². The highest BCUT2D eigenvalue weighted by Crippen LogP contribution is 2.30. The van der Waals surface area contributed by atoms with E-state index in [2.05, 4.69) is 17.3 Å². The SMILES string of the molecule is CCC1CCC(CNc2cnn(CCO)c(=O)c2Cl)CC1. The largest absolute Gasteiger partial charge is 0.394 e. The lowest BCUT2D eigenvalue weighted by molar-refractivity contribution is 0.266. The minimum atomic E-state index is -0.356. The topological polar surface area (TPSA) is 67.2 Å². The van der Waals surface area contributed by atoms with Crippen LogP contribution in [0.5, 0.6) is 0 Å². The van der Waals surface area contributed by atoms with Gasteiger partial charge in [0.1, 0.15) is 5.02 Å². The van der Waals surface area contributed by atoms with Crippen LogP contribution in [-0.2, 0) is 6.54 Å². The summed E-state index contributed by atoms with van der Waals surface area (Å²) in [6.07, 6.45) is 7.91. The van der Waals surface area contributed by atoms with E-state index in [4.69, 9.17) is 16.7 Å². The van der Waals surface area contributed by atoms with Gasteiger partial charge in [-0.3, -0.25) is 4.79 Å². The molecule has 1 aromatic heterocycles. The Labute approximate surface area is 130 Å². The van der Waals surface area contributed by atoms with Crippen LogP contribution in [0.15, 0.2) is 11.0 Å². The molecule has 0 atom stereocenters. The molecule has 0 spiro atoms. The van der Waals surface area contributed by atoms with Crippen molar-refractivity contribution < 1.29 is 5.11 Å². The van der Waals surface area contributed by atoms with Crippen LogP contribution < -0.4 is 10.9 Å². The fourth-order valence-electron chi connectivity index (χ4n) is 2.94. The molecule has 2 N–H and O–H groups in total. The highest BCUT2D eigenvalue weighted by atomic mass is 35.5. The number of halogens is 1. The van der Waals surface area contributed by atoms with Crippen molar-refractivity contribution >= 4 is 17.3 Å². The lowest BCUT2D eigenvalue weighted by Crippen LogP contribution is -2.27. The van der Waals surface area contributed by atoms with Gasteiger partial charge < -0.3 is 10.4 Å². The molecule has 0 aliphatic heterocycles. The Morgan fingerprint density at radius 1 is 1.38 bits per heavy atom.